The topological polar surface area (TPSA) is 88.9 Å². The number of nitriles is 2. The first-order chi connectivity index (χ1) is 12.6. The number of allylic oxidation sites excluding steroid dienone is 2. The minimum atomic E-state index is -0.980. The van der Waals surface area contributed by atoms with E-state index in [1.807, 2.05) is 30.3 Å². The van der Waals surface area contributed by atoms with Gasteiger partial charge in [0.05, 0.1) is 40.6 Å². The van der Waals surface area contributed by atoms with Gasteiger partial charge in [-0.25, -0.2) is 4.39 Å². The second-order valence-electron chi connectivity index (χ2n) is 5.83. The Labute approximate surface area is 154 Å². The molecule has 2 aliphatic heterocycles. The highest BCUT2D eigenvalue weighted by Gasteiger charge is 2.41. The summed E-state index contributed by atoms with van der Waals surface area (Å²) >= 11 is 6.21. The Balaban J connectivity index is 2.03. The standard InChI is InChI=1S/C19H11ClFN5/c20-12-4-3-5-13(21)17(12)16-10(8-22)18(24)26-15-7-2-1-6-14(15)25-19(26)11(16)9-23/h1-7,16,25H,24H2/t16-/m0/s1. The smallest absolute Gasteiger partial charge is 0.131 e. The summed E-state index contributed by atoms with van der Waals surface area (Å²) in [5.41, 5.74) is 8.06. The maximum atomic E-state index is 14.6. The Morgan fingerprint density at radius 2 is 1.81 bits per heavy atom. The van der Waals surface area contributed by atoms with E-state index >= 15 is 0 Å². The van der Waals surface area contributed by atoms with Crippen LogP contribution in [0.4, 0.5) is 15.8 Å². The summed E-state index contributed by atoms with van der Waals surface area (Å²) < 4.78 is 14.6. The monoisotopic (exact) mass is 363 g/mol. The fraction of sp³-hybridized carbons (Fsp3) is 0.0526. The van der Waals surface area contributed by atoms with Gasteiger partial charge in [0.2, 0.25) is 0 Å². The molecule has 0 spiro atoms. The van der Waals surface area contributed by atoms with E-state index in [4.69, 9.17) is 17.3 Å². The first-order valence-corrected chi connectivity index (χ1v) is 8.10. The number of para-hydroxylation sites is 2. The van der Waals surface area contributed by atoms with Crippen LogP contribution in [0.5, 0.6) is 0 Å². The van der Waals surface area contributed by atoms with E-state index in [0.717, 1.165) is 11.4 Å². The van der Waals surface area contributed by atoms with Crippen LogP contribution in [-0.2, 0) is 0 Å². The molecule has 7 heteroatoms. The summed E-state index contributed by atoms with van der Waals surface area (Å²) in [6, 6.07) is 15.7. The molecule has 0 aromatic heterocycles. The van der Waals surface area contributed by atoms with E-state index in [1.165, 1.54) is 18.2 Å². The third-order valence-corrected chi connectivity index (χ3v) is 4.83. The fourth-order valence-electron chi connectivity index (χ4n) is 3.38. The Bertz CT molecular complexity index is 1070. The van der Waals surface area contributed by atoms with Crippen LogP contribution >= 0.6 is 11.6 Å². The van der Waals surface area contributed by atoms with Gasteiger partial charge in [-0.1, -0.05) is 29.8 Å². The first-order valence-electron chi connectivity index (χ1n) is 7.72. The number of rotatable bonds is 1. The first kappa shape index (κ1) is 16.0. The summed E-state index contributed by atoms with van der Waals surface area (Å²) in [6.07, 6.45) is 0. The SMILES string of the molecule is N#CC1=C(N)N2C(=C(C#N)[C@H]1c1c(F)cccc1Cl)Nc1ccccc12. The van der Waals surface area contributed by atoms with Gasteiger partial charge in [0, 0.05) is 10.6 Å². The van der Waals surface area contributed by atoms with Crippen molar-refractivity contribution in [3.63, 3.8) is 0 Å². The van der Waals surface area contributed by atoms with E-state index in [9.17, 15) is 14.9 Å². The second-order valence-corrected chi connectivity index (χ2v) is 6.24. The predicted octanol–water partition coefficient (Wildman–Crippen LogP) is 3.94. The molecule has 2 heterocycles. The average Bonchev–Trinajstić information content (AvgIpc) is 3.01. The van der Waals surface area contributed by atoms with Crippen molar-refractivity contribution in [1.82, 2.24) is 0 Å². The van der Waals surface area contributed by atoms with Gasteiger partial charge in [-0.05, 0) is 24.3 Å². The molecule has 0 unspecified atom stereocenters. The zero-order valence-electron chi connectivity index (χ0n) is 13.3. The summed E-state index contributed by atoms with van der Waals surface area (Å²) in [6.45, 7) is 0. The molecule has 2 aromatic rings. The van der Waals surface area contributed by atoms with Crippen LogP contribution in [0.1, 0.15) is 11.5 Å². The lowest BCUT2D eigenvalue weighted by atomic mass is 9.82. The van der Waals surface area contributed by atoms with Crippen LogP contribution in [0.3, 0.4) is 0 Å². The molecule has 2 aromatic carbocycles. The summed E-state index contributed by atoms with van der Waals surface area (Å²) in [4.78, 5) is 1.61. The molecule has 3 N–H and O–H groups in total. The number of hydrogen-bond donors (Lipinski definition) is 2. The van der Waals surface area contributed by atoms with Crippen molar-refractivity contribution in [3.05, 3.63) is 81.7 Å². The molecule has 2 aliphatic rings. The molecular formula is C19H11ClFN5. The highest BCUT2D eigenvalue weighted by atomic mass is 35.5. The Kier molecular flexibility index (Phi) is 3.57. The van der Waals surface area contributed by atoms with Crippen molar-refractivity contribution in [3.8, 4) is 12.1 Å². The molecule has 0 bridgehead atoms. The molecule has 4 rings (SSSR count). The third-order valence-electron chi connectivity index (χ3n) is 4.50. The van der Waals surface area contributed by atoms with E-state index in [0.29, 0.717) is 5.82 Å². The van der Waals surface area contributed by atoms with Crippen LogP contribution in [-0.4, -0.2) is 0 Å². The molecule has 5 nitrogen and oxygen atoms in total. The van der Waals surface area contributed by atoms with Crippen molar-refractivity contribution in [2.75, 3.05) is 10.2 Å². The number of halogens is 2. The lowest BCUT2D eigenvalue weighted by molar-refractivity contribution is 0.605. The van der Waals surface area contributed by atoms with Gasteiger partial charge in [0.25, 0.3) is 0 Å². The summed E-state index contributed by atoms with van der Waals surface area (Å²) in [5, 5.41) is 22.8. The van der Waals surface area contributed by atoms with Gasteiger partial charge in [-0.15, -0.1) is 0 Å². The number of fused-ring (bicyclic) bond motifs is 3. The average molecular weight is 364 g/mol. The van der Waals surface area contributed by atoms with Gasteiger partial charge < -0.3 is 11.1 Å². The normalized spacial score (nSPS) is 18.0. The van der Waals surface area contributed by atoms with Crippen molar-refractivity contribution in [1.29, 1.82) is 10.5 Å². The van der Waals surface area contributed by atoms with Crippen LogP contribution in [0.15, 0.2) is 65.3 Å². The van der Waals surface area contributed by atoms with Gasteiger partial charge in [0.1, 0.15) is 17.5 Å². The second kappa shape index (κ2) is 5.80. The van der Waals surface area contributed by atoms with Gasteiger partial charge in [0.15, 0.2) is 0 Å². The number of hydrogen-bond acceptors (Lipinski definition) is 5. The molecule has 0 radical (unpaired) electrons. The van der Waals surface area contributed by atoms with E-state index in [-0.39, 0.29) is 27.6 Å². The van der Waals surface area contributed by atoms with E-state index in [2.05, 4.69) is 11.4 Å². The molecule has 26 heavy (non-hydrogen) atoms. The molecule has 0 saturated heterocycles. The van der Waals surface area contributed by atoms with Crippen molar-refractivity contribution in [2.45, 2.75) is 5.92 Å². The molecule has 0 saturated carbocycles. The van der Waals surface area contributed by atoms with Crippen LogP contribution in [0, 0.1) is 28.5 Å². The van der Waals surface area contributed by atoms with Gasteiger partial charge >= 0.3 is 0 Å². The number of anilines is 2. The van der Waals surface area contributed by atoms with Crippen LogP contribution in [0.2, 0.25) is 5.02 Å². The zero-order chi connectivity index (χ0) is 18.4. The van der Waals surface area contributed by atoms with E-state index in [1.54, 1.807) is 4.90 Å². The quantitative estimate of drug-likeness (QED) is 0.801. The summed E-state index contributed by atoms with van der Waals surface area (Å²) in [7, 11) is 0. The lowest BCUT2D eigenvalue weighted by Crippen LogP contribution is -2.34. The van der Waals surface area contributed by atoms with E-state index < -0.39 is 11.7 Å². The number of nitrogens with two attached hydrogens (primary N) is 1. The third kappa shape index (κ3) is 2.07. The summed E-state index contributed by atoms with van der Waals surface area (Å²) in [5.74, 6) is -1.02. The van der Waals surface area contributed by atoms with Crippen LogP contribution in [0.25, 0.3) is 0 Å². The Morgan fingerprint density at radius 3 is 2.50 bits per heavy atom. The highest BCUT2D eigenvalue weighted by Crippen LogP contribution is 2.48. The largest absolute Gasteiger partial charge is 0.384 e. The molecule has 0 amide bonds. The maximum Gasteiger partial charge on any atom is 0.131 e. The number of nitrogens with one attached hydrogen (secondary N) is 1. The fourth-order valence-corrected chi connectivity index (χ4v) is 3.65. The van der Waals surface area contributed by atoms with Gasteiger partial charge in [-0.3, -0.25) is 4.90 Å². The number of nitrogens with zero attached hydrogens (tertiary/aromatic N) is 3. The van der Waals surface area contributed by atoms with Gasteiger partial charge in [-0.2, -0.15) is 10.5 Å². The number of benzene rings is 2. The molecule has 126 valence electrons. The van der Waals surface area contributed by atoms with Crippen molar-refractivity contribution < 1.29 is 4.39 Å². The molecule has 0 fully saturated rings. The molecule has 0 aliphatic carbocycles. The Hall–Kier alpha value is -3.48. The van der Waals surface area contributed by atoms with Crippen molar-refractivity contribution in [2.24, 2.45) is 5.73 Å². The zero-order valence-corrected chi connectivity index (χ0v) is 14.0. The van der Waals surface area contributed by atoms with Crippen LogP contribution < -0.4 is 16.0 Å². The lowest BCUT2D eigenvalue weighted by Gasteiger charge is -2.31. The Morgan fingerprint density at radius 1 is 1.08 bits per heavy atom. The molecular weight excluding hydrogens is 353 g/mol. The maximum absolute atomic E-state index is 14.6. The predicted molar refractivity (Wildman–Crippen MR) is 96.2 cm³/mol. The van der Waals surface area contributed by atoms with Crippen molar-refractivity contribution >= 4 is 23.0 Å². The minimum Gasteiger partial charge on any atom is -0.384 e. The minimum absolute atomic E-state index is 0.0649. The highest BCUT2D eigenvalue weighted by molar-refractivity contribution is 6.31. The molecule has 1 atom stereocenters.